The summed E-state index contributed by atoms with van der Waals surface area (Å²) in [5.41, 5.74) is 1.25. The fraction of sp³-hybridized carbons (Fsp3) is 0.588. The highest BCUT2D eigenvalue weighted by molar-refractivity contribution is 8.00. The zero-order valence-electron chi connectivity index (χ0n) is 13.6. The van der Waals surface area contributed by atoms with Crippen LogP contribution < -0.4 is 5.56 Å². The smallest absolute Gasteiger partial charge is 0.263 e. The minimum Gasteiger partial charge on any atom is -0.376 e. The summed E-state index contributed by atoms with van der Waals surface area (Å²) in [5.74, 6) is 0. The molecule has 126 valence electrons. The molecule has 0 radical (unpaired) electrons. The number of fused-ring (bicyclic) bond motifs is 3. The van der Waals surface area contributed by atoms with Gasteiger partial charge in [-0.2, -0.15) is 5.26 Å². The number of rotatable bonds is 4. The fourth-order valence-electron chi connectivity index (χ4n) is 3.49. The summed E-state index contributed by atoms with van der Waals surface area (Å²) in [6, 6.07) is 2.22. The van der Waals surface area contributed by atoms with Crippen molar-refractivity contribution in [1.82, 2.24) is 9.55 Å². The van der Waals surface area contributed by atoms with Gasteiger partial charge in [-0.1, -0.05) is 11.8 Å². The third-order valence-electron chi connectivity index (χ3n) is 4.66. The van der Waals surface area contributed by atoms with Gasteiger partial charge in [0.05, 0.1) is 29.4 Å². The van der Waals surface area contributed by atoms with E-state index < -0.39 is 0 Å². The zero-order chi connectivity index (χ0) is 16.7. The molecule has 0 spiro atoms. The summed E-state index contributed by atoms with van der Waals surface area (Å²) in [7, 11) is 0. The average molecular weight is 361 g/mol. The topological polar surface area (TPSA) is 67.9 Å². The molecular formula is C17H19N3O2S2. The Morgan fingerprint density at radius 1 is 1.50 bits per heavy atom. The third-order valence-corrected chi connectivity index (χ3v) is 6.83. The highest BCUT2D eigenvalue weighted by Crippen LogP contribution is 2.36. The van der Waals surface area contributed by atoms with Gasteiger partial charge in [-0.15, -0.1) is 11.3 Å². The number of ether oxygens (including phenoxy) is 1. The monoisotopic (exact) mass is 361 g/mol. The van der Waals surface area contributed by atoms with Crippen LogP contribution in [0.2, 0.25) is 0 Å². The van der Waals surface area contributed by atoms with Crippen LogP contribution in [-0.4, -0.2) is 27.5 Å². The van der Waals surface area contributed by atoms with Gasteiger partial charge >= 0.3 is 0 Å². The number of thioether (sulfide) groups is 1. The van der Waals surface area contributed by atoms with E-state index in [4.69, 9.17) is 15.0 Å². The van der Waals surface area contributed by atoms with E-state index >= 15 is 0 Å². The maximum atomic E-state index is 13.2. The quantitative estimate of drug-likeness (QED) is 0.618. The Morgan fingerprint density at radius 3 is 3.12 bits per heavy atom. The Bertz CT molecular complexity index is 875. The normalized spacial score (nSPS) is 21.1. The largest absolute Gasteiger partial charge is 0.376 e. The first kappa shape index (κ1) is 16.1. The summed E-state index contributed by atoms with van der Waals surface area (Å²) in [4.78, 5) is 20.1. The van der Waals surface area contributed by atoms with E-state index in [1.54, 1.807) is 15.9 Å². The van der Waals surface area contributed by atoms with Crippen LogP contribution in [0, 0.1) is 11.3 Å². The number of thiophene rings is 1. The predicted octanol–water partition coefficient (Wildman–Crippen LogP) is 3.13. The molecule has 2 aromatic rings. The molecule has 0 saturated carbocycles. The van der Waals surface area contributed by atoms with Crippen LogP contribution in [0.4, 0.5) is 0 Å². The first-order valence-corrected chi connectivity index (χ1v) is 10.1. The Kier molecular flexibility index (Phi) is 4.37. The number of hydrogen-bond acceptors (Lipinski definition) is 6. The van der Waals surface area contributed by atoms with Crippen molar-refractivity contribution in [3.05, 3.63) is 20.8 Å². The van der Waals surface area contributed by atoms with Crippen LogP contribution in [0.15, 0.2) is 9.95 Å². The lowest BCUT2D eigenvalue weighted by Crippen LogP contribution is -2.29. The highest BCUT2D eigenvalue weighted by atomic mass is 32.2. The van der Waals surface area contributed by atoms with Crippen LogP contribution in [0.3, 0.4) is 0 Å². The Labute approximate surface area is 148 Å². The molecule has 0 amide bonds. The van der Waals surface area contributed by atoms with E-state index in [9.17, 15) is 4.79 Å². The van der Waals surface area contributed by atoms with Crippen molar-refractivity contribution in [2.45, 2.75) is 62.1 Å². The molecule has 2 aliphatic rings. The summed E-state index contributed by atoms with van der Waals surface area (Å²) >= 11 is 3.01. The van der Waals surface area contributed by atoms with Gasteiger partial charge in [-0.05, 0) is 44.6 Å². The summed E-state index contributed by atoms with van der Waals surface area (Å²) in [5, 5.41) is 10.4. The summed E-state index contributed by atoms with van der Waals surface area (Å²) < 4.78 is 7.48. The zero-order valence-corrected chi connectivity index (χ0v) is 15.2. The fourth-order valence-corrected chi connectivity index (χ4v) is 5.59. The van der Waals surface area contributed by atoms with Gasteiger partial charge in [0.1, 0.15) is 4.83 Å². The van der Waals surface area contributed by atoms with Gasteiger partial charge in [0, 0.05) is 11.5 Å². The number of nitriles is 1. The molecule has 1 aliphatic carbocycles. The maximum absolute atomic E-state index is 13.2. The second-order valence-corrected chi connectivity index (χ2v) is 8.76. The number of aromatic nitrogens is 2. The van der Waals surface area contributed by atoms with Gasteiger partial charge in [0.2, 0.25) is 0 Å². The standard InChI is InChI=1S/C17H19N3O2S2/c1-10(8-18)23-17-19-15-14(12-5-2-6-13(12)24-15)16(21)20(17)9-11-4-3-7-22-11/h10-11H,2-7,9H2,1H3/t10-,11+/m1/s1. The molecular weight excluding hydrogens is 342 g/mol. The van der Waals surface area contributed by atoms with Crippen LogP contribution in [0.1, 0.15) is 36.6 Å². The molecule has 4 rings (SSSR count). The molecule has 5 nitrogen and oxygen atoms in total. The van der Waals surface area contributed by atoms with Crippen molar-refractivity contribution in [3.63, 3.8) is 0 Å². The molecule has 1 fully saturated rings. The number of hydrogen-bond donors (Lipinski definition) is 0. The van der Waals surface area contributed by atoms with Crippen molar-refractivity contribution in [2.24, 2.45) is 0 Å². The van der Waals surface area contributed by atoms with Crippen LogP contribution in [-0.2, 0) is 24.1 Å². The SMILES string of the molecule is C[C@H](C#N)Sc1nc2sc3c(c2c(=O)n1C[C@@H]1CCCO1)CCC3. The van der Waals surface area contributed by atoms with Crippen LogP contribution >= 0.6 is 23.1 Å². The molecule has 1 saturated heterocycles. The van der Waals surface area contributed by atoms with Crippen LogP contribution in [0.5, 0.6) is 0 Å². The van der Waals surface area contributed by atoms with Gasteiger partial charge in [-0.25, -0.2) is 4.98 Å². The molecule has 0 bridgehead atoms. The first-order valence-electron chi connectivity index (χ1n) is 8.40. The lowest BCUT2D eigenvalue weighted by Gasteiger charge is -2.16. The minimum absolute atomic E-state index is 0.0440. The lowest BCUT2D eigenvalue weighted by molar-refractivity contribution is 0.0937. The summed E-state index contributed by atoms with van der Waals surface area (Å²) in [6.45, 7) is 3.14. The number of aryl methyl sites for hydroxylation is 2. The molecule has 2 atom stereocenters. The van der Waals surface area contributed by atoms with E-state index in [0.29, 0.717) is 11.7 Å². The third kappa shape index (κ3) is 2.77. The van der Waals surface area contributed by atoms with Gasteiger partial charge in [-0.3, -0.25) is 9.36 Å². The average Bonchev–Trinajstić information content (AvgIpc) is 3.27. The van der Waals surface area contributed by atoms with E-state index in [1.165, 1.54) is 22.2 Å². The van der Waals surface area contributed by atoms with E-state index in [0.717, 1.165) is 48.9 Å². The Hall–Kier alpha value is -1.36. The molecule has 3 heterocycles. The molecule has 24 heavy (non-hydrogen) atoms. The van der Waals surface area contributed by atoms with Crippen molar-refractivity contribution in [3.8, 4) is 6.07 Å². The Balaban J connectivity index is 1.84. The maximum Gasteiger partial charge on any atom is 0.263 e. The van der Waals surface area contributed by atoms with Crippen molar-refractivity contribution < 1.29 is 4.74 Å². The van der Waals surface area contributed by atoms with E-state index in [-0.39, 0.29) is 16.9 Å². The van der Waals surface area contributed by atoms with Crippen molar-refractivity contribution >= 4 is 33.3 Å². The van der Waals surface area contributed by atoms with Crippen LogP contribution in [0.25, 0.3) is 10.2 Å². The van der Waals surface area contributed by atoms with Gasteiger partial charge in [0.25, 0.3) is 5.56 Å². The molecule has 7 heteroatoms. The van der Waals surface area contributed by atoms with Crippen molar-refractivity contribution in [1.29, 1.82) is 5.26 Å². The first-order chi connectivity index (χ1) is 11.7. The lowest BCUT2D eigenvalue weighted by atomic mass is 10.2. The second-order valence-electron chi connectivity index (χ2n) is 6.37. The predicted molar refractivity (Wildman–Crippen MR) is 95.8 cm³/mol. The number of nitrogens with zero attached hydrogens (tertiary/aromatic N) is 3. The van der Waals surface area contributed by atoms with Gasteiger partial charge < -0.3 is 4.74 Å². The Morgan fingerprint density at radius 2 is 2.38 bits per heavy atom. The molecule has 2 aromatic heterocycles. The molecule has 0 N–H and O–H groups in total. The minimum atomic E-state index is -0.239. The van der Waals surface area contributed by atoms with Crippen molar-refractivity contribution in [2.75, 3.05) is 6.61 Å². The second kappa shape index (κ2) is 6.51. The summed E-state index contributed by atoms with van der Waals surface area (Å²) in [6.07, 6.45) is 5.26. The highest BCUT2D eigenvalue weighted by Gasteiger charge is 2.26. The molecule has 0 unspecified atom stereocenters. The van der Waals surface area contributed by atoms with E-state index in [2.05, 4.69) is 6.07 Å². The van der Waals surface area contributed by atoms with E-state index in [1.807, 2.05) is 6.92 Å². The molecule has 0 aromatic carbocycles. The van der Waals surface area contributed by atoms with Gasteiger partial charge in [0.15, 0.2) is 5.16 Å². The molecule has 1 aliphatic heterocycles.